The predicted octanol–water partition coefficient (Wildman–Crippen LogP) is 5.22. The van der Waals surface area contributed by atoms with Gasteiger partial charge in [-0.15, -0.1) is 11.3 Å². The van der Waals surface area contributed by atoms with Crippen molar-refractivity contribution >= 4 is 50.3 Å². The fourth-order valence-corrected chi connectivity index (χ4v) is 4.92. The average molecular weight is 434 g/mol. The van der Waals surface area contributed by atoms with Crippen LogP contribution in [0.2, 0.25) is 0 Å². The van der Waals surface area contributed by atoms with Gasteiger partial charge >= 0.3 is 0 Å². The molecule has 3 aromatic rings. The molecule has 2 unspecified atom stereocenters. The summed E-state index contributed by atoms with van der Waals surface area (Å²) in [6.07, 6.45) is 1.78. The highest BCUT2D eigenvalue weighted by Crippen LogP contribution is 2.43. The minimum atomic E-state index is -0.265. The maximum Gasteiger partial charge on any atom is 0.174 e. The fraction of sp³-hybridized carbons (Fsp3) is 0.111. The first-order valence-corrected chi connectivity index (χ1v) is 9.72. The van der Waals surface area contributed by atoms with Crippen molar-refractivity contribution in [3.05, 3.63) is 81.0 Å². The van der Waals surface area contributed by atoms with Crippen molar-refractivity contribution in [3.63, 3.8) is 0 Å². The van der Waals surface area contributed by atoms with E-state index < -0.39 is 0 Å². The molecule has 1 aromatic carbocycles. The number of pyridine rings is 1. The molecule has 1 N–H and O–H groups in total. The third-order valence-electron chi connectivity index (χ3n) is 4.08. The molecule has 1 fully saturated rings. The maximum absolute atomic E-state index is 13.4. The second-order valence-corrected chi connectivity index (χ2v) is 7.89. The Morgan fingerprint density at radius 2 is 2.00 bits per heavy atom. The number of nitrogens with zero attached hydrogens (tertiary/aromatic N) is 2. The van der Waals surface area contributed by atoms with Crippen LogP contribution in [-0.2, 0) is 0 Å². The van der Waals surface area contributed by atoms with Crippen molar-refractivity contribution in [2.24, 2.45) is 0 Å². The van der Waals surface area contributed by atoms with E-state index in [1.54, 1.807) is 29.7 Å². The maximum atomic E-state index is 13.4. The molecule has 3 nitrogen and oxygen atoms in total. The topological polar surface area (TPSA) is 28.2 Å². The SMILES string of the molecule is Fc1ccc(N2C(=S)NC(c3ccccn3)C2c2cc(Br)cs2)cc1. The molecule has 0 saturated carbocycles. The number of thiophene rings is 1. The summed E-state index contributed by atoms with van der Waals surface area (Å²) in [5.74, 6) is -0.265. The van der Waals surface area contributed by atoms with Crippen LogP contribution in [0, 0.1) is 5.82 Å². The number of nitrogens with one attached hydrogen (secondary N) is 1. The van der Waals surface area contributed by atoms with E-state index in [0.29, 0.717) is 5.11 Å². The van der Waals surface area contributed by atoms with Gasteiger partial charge in [-0.1, -0.05) is 6.07 Å². The molecular weight excluding hydrogens is 421 g/mol. The van der Waals surface area contributed by atoms with E-state index in [1.165, 1.54) is 12.1 Å². The molecule has 0 amide bonds. The van der Waals surface area contributed by atoms with Crippen molar-refractivity contribution in [3.8, 4) is 0 Å². The Kier molecular flexibility index (Phi) is 4.54. The standard InChI is InChI=1S/C18H13BrFN3S2/c19-11-9-15(25-10-11)17-16(14-3-1-2-8-21-14)22-18(24)23(17)13-6-4-12(20)5-7-13/h1-10,16-17H,(H,22,24). The molecule has 2 aromatic heterocycles. The Hall–Kier alpha value is -1.83. The van der Waals surface area contributed by atoms with E-state index in [9.17, 15) is 4.39 Å². The number of aromatic nitrogens is 1. The molecule has 0 spiro atoms. The number of hydrogen-bond donors (Lipinski definition) is 1. The highest BCUT2D eigenvalue weighted by atomic mass is 79.9. The zero-order valence-corrected chi connectivity index (χ0v) is 16.1. The Morgan fingerprint density at radius 1 is 1.20 bits per heavy atom. The van der Waals surface area contributed by atoms with E-state index >= 15 is 0 Å². The summed E-state index contributed by atoms with van der Waals surface area (Å²) in [6.45, 7) is 0. The minimum Gasteiger partial charge on any atom is -0.351 e. The molecule has 0 bridgehead atoms. The van der Waals surface area contributed by atoms with Gasteiger partial charge in [0.15, 0.2) is 5.11 Å². The van der Waals surface area contributed by atoms with Gasteiger partial charge in [0.2, 0.25) is 0 Å². The van der Waals surface area contributed by atoms with E-state index in [0.717, 1.165) is 20.7 Å². The summed E-state index contributed by atoms with van der Waals surface area (Å²) >= 11 is 10.8. The monoisotopic (exact) mass is 433 g/mol. The van der Waals surface area contributed by atoms with Crippen LogP contribution in [0.1, 0.15) is 22.7 Å². The lowest BCUT2D eigenvalue weighted by atomic mass is 10.0. The number of hydrogen-bond acceptors (Lipinski definition) is 3. The molecular formula is C18H13BrFN3S2. The lowest BCUT2D eigenvalue weighted by molar-refractivity contribution is 0.574. The average Bonchev–Trinajstić information content (AvgIpc) is 3.20. The summed E-state index contributed by atoms with van der Waals surface area (Å²) in [4.78, 5) is 7.69. The molecule has 2 atom stereocenters. The van der Waals surface area contributed by atoms with Gasteiger partial charge in [0.05, 0.1) is 17.8 Å². The normalized spacial score (nSPS) is 19.9. The van der Waals surface area contributed by atoms with E-state index in [1.807, 2.05) is 23.1 Å². The zero-order valence-electron chi connectivity index (χ0n) is 12.9. The number of anilines is 1. The Balaban J connectivity index is 1.81. The van der Waals surface area contributed by atoms with E-state index in [2.05, 4.69) is 37.7 Å². The molecule has 7 heteroatoms. The third-order valence-corrected chi connectivity index (χ3v) is 6.16. The van der Waals surface area contributed by atoms with Gasteiger partial charge in [-0.3, -0.25) is 4.98 Å². The van der Waals surface area contributed by atoms with Crippen LogP contribution >= 0.6 is 39.5 Å². The van der Waals surface area contributed by atoms with Gasteiger partial charge < -0.3 is 10.2 Å². The summed E-state index contributed by atoms with van der Waals surface area (Å²) in [5.41, 5.74) is 1.77. The Bertz CT molecular complexity index is 898. The van der Waals surface area contributed by atoms with Gasteiger partial charge in [0.1, 0.15) is 5.82 Å². The van der Waals surface area contributed by atoms with Crippen molar-refractivity contribution < 1.29 is 4.39 Å². The predicted molar refractivity (Wildman–Crippen MR) is 106 cm³/mol. The smallest absolute Gasteiger partial charge is 0.174 e. The van der Waals surface area contributed by atoms with Gasteiger partial charge in [0, 0.05) is 26.6 Å². The summed E-state index contributed by atoms with van der Waals surface area (Å²) < 4.78 is 14.4. The molecule has 0 aliphatic carbocycles. The van der Waals surface area contributed by atoms with Crippen molar-refractivity contribution in [1.82, 2.24) is 10.3 Å². The minimum absolute atomic E-state index is 0.0517. The fourth-order valence-electron chi connectivity index (χ4n) is 3.01. The quantitative estimate of drug-likeness (QED) is 0.572. The summed E-state index contributed by atoms with van der Waals surface area (Å²) in [5, 5.41) is 6.04. The number of thiocarbonyl (C=S) groups is 1. The molecule has 1 saturated heterocycles. The number of benzene rings is 1. The molecule has 0 radical (unpaired) electrons. The zero-order chi connectivity index (χ0) is 17.4. The highest BCUT2D eigenvalue weighted by Gasteiger charge is 2.41. The molecule has 126 valence electrons. The molecule has 25 heavy (non-hydrogen) atoms. The molecule has 3 heterocycles. The molecule has 1 aliphatic heterocycles. The largest absolute Gasteiger partial charge is 0.351 e. The van der Waals surface area contributed by atoms with Crippen LogP contribution in [0.25, 0.3) is 0 Å². The second kappa shape index (κ2) is 6.82. The van der Waals surface area contributed by atoms with Crippen molar-refractivity contribution in [2.75, 3.05) is 4.90 Å². The van der Waals surface area contributed by atoms with E-state index in [-0.39, 0.29) is 17.9 Å². The Labute approximate surface area is 162 Å². The molecule has 4 rings (SSSR count). The highest BCUT2D eigenvalue weighted by molar-refractivity contribution is 9.10. The third kappa shape index (κ3) is 3.19. The van der Waals surface area contributed by atoms with Gasteiger partial charge in [-0.05, 0) is 70.6 Å². The lowest BCUT2D eigenvalue weighted by Gasteiger charge is -2.26. The number of halogens is 2. The first-order valence-electron chi connectivity index (χ1n) is 7.63. The van der Waals surface area contributed by atoms with Crippen LogP contribution in [0.4, 0.5) is 10.1 Å². The second-order valence-electron chi connectivity index (χ2n) is 5.64. The van der Waals surface area contributed by atoms with Gasteiger partial charge in [-0.2, -0.15) is 0 Å². The van der Waals surface area contributed by atoms with Crippen molar-refractivity contribution in [2.45, 2.75) is 12.1 Å². The Morgan fingerprint density at radius 3 is 2.64 bits per heavy atom. The summed E-state index contributed by atoms with van der Waals surface area (Å²) in [6, 6.07) is 14.2. The molecule has 1 aliphatic rings. The number of rotatable bonds is 3. The summed E-state index contributed by atoms with van der Waals surface area (Å²) in [7, 11) is 0. The van der Waals surface area contributed by atoms with Crippen LogP contribution in [0.5, 0.6) is 0 Å². The lowest BCUT2D eigenvalue weighted by Crippen LogP contribution is -2.29. The first kappa shape index (κ1) is 16.6. The van der Waals surface area contributed by atoms with Crippen LogP contribution in [0.15, 0.2) is 64.6 Å². The first-order chi connectivity index (χ1) is 12.1. The van der Waals surface area contributed by atoms with Crippen LogP contribution in [0.3, 0.4) is 0 Å². The van der Waals surface area contributed by atoms with Crippen LogP contribution in [-0.4, -0.2) is 10.1 Å². The van der Waals surface area contributed by atoms with E-state index in [4.69, 9.17) is 12.2 Å². The van der Waals surface area contributed by atoms with Gasteiger partial charge in [0.25, 0.3) is 0 Å². The van der Waals surface area contributed by atoms with Crippen LogP contribution < -0.4 is 10.2 Å². The van der Waals surface area contributed by atoms with Gasteiger partial charge in [-0.25, -0.2) is 4.39 Å². The van der Waals surface area contributed by atoms with Crippen molar-refractivity contribution in [1.29, 1.82) is 0 Å².